The summed E-state index contributed by atoms with van der Waals surface area (Å²) in [5.74, 6) is -0.151. The van der Waals surface area contributed by atoms with Gasteiger partial charge in [-0.2, -0.15) is 13.2 Å². The number of aliphatic hydroxyl groups excluding tert-OH is 1. The molecule has 2 rings (SSSR count). The van der Waals surface area contributed by atoms with E-state index in [1.807, 2.05) is 0 Å². The molecular formula is C16H20F3NO3. The first-order valence-corrected chi connectivity index (χ1v) is 7.59. The van der Waals surface area contributed by atoms with Crippen LogP contribution in [0.15, 0.2) is 24.3 Å². The lowest BCUT2D eigenvalue weighted by Crippen LogP contribution is -2.35. The van der Waals surface area contributed by atoms with Crippen LogP contribution in [0.3, 0.4) is 0 Å². The number of alkyl halides is 3. The predicted octanol–water partition coefficient (Wildman–Crippen LogP) is 2.75. The third-order valence-corrected chi connectivity index (χ3v) is 3.87. The summed E-state index contributed by atoms with van der Waals surface area (Å²) in [5, 5.41) is 12.3. The number of carbonyl (C=O) groups is 1. The number of rotatable bonds is 5. The van der Waals surface area contributed by atoms with E-state index < -0.39 is 11.7 Å². The zero-order valence-corrected chi connectivity index (χ0v) is 12.6. The molecular weight excluding hydrogens is 311 g/mol. The van der Waals surface area contributed by atoms with Crippen LogP contribution < -0.4 is 10.1 Å². The first-order valence-electron chi connectivity index (χ1n) is 7.59. The Balaban J connectivity index is 1.76. The van der Waals surface area contributed by atoms with Gasteiger partial charge in [0.15, 0.2) is 6.61 Å². The van der Waals surface area contributed by atoms with Gasteiger partial charge in [-0.3, -0.25) is 4.79 Å². The van der Waals surface area contributed by atoms with E-state index >= 15 is 0 Å². The molecule has 2 N–H and O–H groups in total. The van der Waals surface area contributed by atoms with Gasteiger partial charge in [0.25, 0.3) is 5.91 Å². The van der Waals surface area contributed by atoms with E-state index in [0.29, 0.717) is 13.0 Å². The number of benzene rings is 1. The number of hydrogen-bond acceptors (Lipinski definition) is 3. The SMILES string of the molecule is O=C(COc1cccc(C(F)(F)F)c1)NCC1CCCC(O)C1. The summed E-state index contributed by atoms with van der Waals surface area (Å²) < 4.78 is 42.8. The molecule has 0 saturated heterocycles. The van der Waals surface area contributed by atoms with Crippen LogP contribution in [0.1, 0.15) is 31.2 Å². The molecule has 2 unspecified atom stereocenters. The monoisotopic (exact) mass is 331 g/mol. The highest BCUT2D eigenvalue weighted by atomic mass is 19.4. The molecule has 128 valence electrons. The van der Waals surface area contributed by atoms with E-state index in [-0.39, 0.29) is 30.3 Å². The lowest BCUT2D eigenvalue weighted by Gasteiger charge is -2.25. The Kier molecular flexibility index (Phi) is 5.87. The van der Waals surface area contributed by atoms with Crippen LogP contribution in [-0.4, -0.2) is 30.3 Å². The van der Waals surface area contributed by atoms with Gasteiger partial charge in [-0.05, 0) is 43.4 Å². The molecule has 23 heavy (non-hydrogen) atoms. The molecule has 1 fully saturated rings. The Bertz CT molecular complexity index is 534. The zero-order valence-electron chi connectivity index (χ0n) is 12.6. The number of nitrogens with one attached hydrogen (secondary N) is 1. The van der Waals surface area contributed by atoms with E-state index in [9.17, 15) is 23.1 Å². The molecule has 0 spiro atoms. The number of hydrogen-bond donors (Lipinski definition) is 2. The summed E-state index contributed by atoms with van der Waals surface area (Å²) in [6.45, 7) is 0.110. The van der Waals surface area contributed by atoms with Crippen molar-refractivity contribution < 1.29 is 27.8 Å². The van der Waals surface area contributed by atoms with E-state index in [1.54, 1.807) is 0 Å². The smallest absolute Gasteiger partial charge is 0.416 e. The van der Waals surface area contributed by atoms with Crippen LogP contribution in [0.25, 0.3) is 0 Å². The molecule has 4 nitrogen and oxygen atoms in total. The number of ether oxygens (including phenoxy) is 1. The Morgan fingerprint density at radius 1 is 1.35 bits per heavy atom. The quantitative estimate of drug-likeness (QED) is 0.872. The lowest BCUT2D eigenvalue weighted by molar-refractivity contribution is -0.137. The molecule has 1 aliphatic rings. The normalized spacial score (nSPS) is 21.7. The third-order valence-electron chi connectivity index (χ3n) is 3.87. The Labute approximate surface area is 132 Å². The summed E-state index contributed by atoms with van der Waals surface area (Å²) in [7, 11) is 0. The van der Waals surface area contributed by atoms with Gasteiger partial charge in [0, 0.05) is 6.54 Å². The van der Waals surface area contributed by atoms with Gasteiger partial charge in [-0.25, -0.2) is 0 Å². The van der Waals surface area contributed by atoms with Gasteiger partial charge >= 0.3 is 6.18 Å². The van der Waals surface area contributed by atoms with Crippen molar-refractivity contribution >= 4 is 5.91 Å². The molecule has 0 bridgehead atoms. The molecule has 0 aliphatic heterocycles. The fourth-order valence-electron chi connectivity index (χ4n) is 2.67. The summed E-state index contributed by atoms with van der Waals surface area (Å²) in [6, 6.07) is 4.42. The average Bonchev–Trinajstić information content (AvgIpc) is 2.50. The standard InChI is InChI=1S/C16H20F3NO3/c17-16(18,19)12-4-2-6-14(8-12)23-10-15(22)20-9-11-3-1-5-13(21)7-11/h2,4,6,8,11,13,21H,1,3,5,7,9-10H2,(H,20,22). The number of halogens is 3. The summed E-state index contributed by atoms with van der Waals surface area (Å²) in [6.07, 6.45) is -1.41. The molecule has 1 aliphatic carbocycles. The highest BCUT2D eigenvalue weighted by Crippen LogP contribution is 2.31. The minimum atomic E-state index is -4.44. The fourth-order valence-corrected chi connectivity index (χ4v) is 2.67. The highest BCUT2D eigenvalue weighted by Gasteiger charge is 2.30. The number of aliphatic hydroxyl groups is 1. The maximum absolute atomic E-state index is 12.6. The van der Waals surface area contributed by atoms with Crippen molar-refractivity contribution in [3.63, 3.8) is 0 Å². The first-order chi connectivity index (χ1) is 10.8. The first kappa shape index (κ1) is 17.6. The van der Waals surface area contributed by atoms with E-state index in [2.05, 4.69) is 5.32 Å². The van der Waals surface area contributed by atoms with Crippen LogP contribution >= 0.6 is 0 Å². The predicted molar refractivity (Wildman–Crippen MR) is 77.9 cm³/mol. The second-order valence-electron chi connectivity index (χ2n) is 5.80. The average molecular weight is 331 g/mol. The summed E-state index contributed by atoms with van der Waals surface area (Å²) >= 11 is 0. The van der Waals surface area contributed by atoms with Crippen LogP contribution in [-0.2, 0) is 11.0 Å². The molecule has 0 radical (unpaired) electrons. The number of carbonyl (C=O) groups excluding carboxylic acids is 1. The van der Waals surface area contributed by atoms with E-state index in [4.69, 9.17) is 4.74 Å². The minimum absolute atomic E-state index is 0.00284. The van der Waals surface area contributed by atoms with Gasteiger partial charge in [-0.15, -0.1) is 0 Å². The minimum Gasteiger partial charge on any atom is -0.484 e. The number of amides is 1. The molecule has 1 aromatic carbocycles. The second kappa shape index (κ2) is 7.68. The van der Waals surface area contributed by atoms with E-state index in [1.165, 1.54) is 12.1 Å². The Hall–Kier alpha value is -1.76. The Morgan fingerprint density at radius 3 is 2.83 bits per heavy atom. The zero-order chi connectivity index (χ0) is 16.9. The van der Waals surface area contributed by atoms with Crippen molar-refractivity contribution in [2.45, 2.75) is 38.0 Å². The molecule has 1 saturated carbocycles. The van der Waals surface area contributed by atoms with Crippen LogP contribution in [0.5, 0.6) is 5.75 Å². The van der Waals surface area contributed by atoms with Gasteiger partial charge in [-0.1, -0.05) is 12.5 Å². The van der Waals surface area contributed by atoms with Crippen LogP contribution in [0.4, 0.5) is 13.2 Å². The molecule has 2 atom stereocenters. The maximum Gasteiger partial charge on any atom is 0.416 e. The summed E-state index contributed by atoms with van der Waals surface area (Å²) in [5.41, 5.74) is -0.813. The van der Waals surface area contributed by atoms with Crippen molar-refractivity contribution in [3.05, 3.63) is 29.8 Å². The maximum atomic E-state index is 12.6. The van der Waals surface area contributed by atoms with Gasteiger partial charge in [0.1, 0.15) is 5.75 Å². The largest absolute Gasteiger partial charge is 0.484 e. The topological polar surface area (TPSA) is 58.6 Å². The van der Waals surface area contributed by atoms with Crippen molar-refractivity contribution in [1.29, 1.82) is 0 Å². The molecule has 0 heterocycles. The van der Waals surface area contributed by atoms with Crippen molar-refractivity contribution in [3.8, 4) is 5.75 Å². The molecule has 0 aromatic heterocycles. The van der Waals surface area contributed by atoms with Gasteiger partial charge in [0.2, 0.25) is 0 Å². The molecule has 7 heteroatoms. The molecule has 1 aromatic rings. The van der Waals surface area contributed by atoms with Crippen LogP contribution in [0.2, 0.25) is 0 Å². The molecule has 1 amide bonds. The van der Waals surface area contributed by atoms with Crippen molar-refractivity contribution in [2.75, 3.05) is 13.2 Å². The Morgan fingerprint density at radius 2 is 2.13 bits per heavy atom. The van der Waals surface area contributed by atoms with Crippen molar-refractivity contribution in [2.24, 2.45) is 5.92 Å². The second-order valence-corrected chi connectivity index (χ2v) is 5.80. The van der Waals surface area contributed by atoms with Gasteiger partial charge < -0.3 is 15.2 Å². The van der Waals surface area contributed by atoms with Crippen LogP contribution in [0, 0.1) is 5.92 Å². The summed E-state index contributed by atoms with van der Waals surface area (Å²) in [4.78, 5) is 11.7. The lowest BCUT2D eigenvalue weighted by atomic mass is 9.87. The fraction of sp³-hybridized carbons (Fsp3) is 0.562. The third kappa shape index (κ3) is 5.74. The van der Waals surface area contributed by atoms with E-state index in [0.717, 1.165) is 31.4 Å². The van der Waals surface area contributed by atoms with Crippen molar-refractivity contribution in [1.82, 2.24) is 5.32 Å². The van der Waals surface area contributed by atoms with Gasteiger partial charge in [0.05, 0.1) is 11.7 Å². The highest BCUT2D eigenvalue weighted by molar-refractivity contribution is 5.77.